The molecule has 0 bridgehead atoms. The first-order chi connectivity index (χ1) is 9.58. The third kappa shape index (κ3) is 3.69. The Kier molecular flexibility index (Phi) is 4.94. The SMILES string of the molecule is CC(Sc1nnnn1CC(=O)O)C(=O)N1CCCCC1. The van der Waals surface area contributed by atoms with Crippen LogP contribution in [0, 0.1) is 0 Å². The summed E-state index contributed by atoms with van der Waals surface area (Å²) in [4.78, 5) is 24.8. The van der Waals surface area contributed by atoms with Crippen molar-refractivity contribution in [3.05, 3.63) is 0 Å². The topological polar surface area (TPSA) is 101 Å². The predicted molar refractivity (Wildman–Crippen MR) is 71.2 cm³/mol. The number of tetrazole rings is 1. The van der Waals surface area contributed by atoms with Gasteiger partial charge in [0, 0.05) is 13.1 Å². The van der Waals surface area contributed by atoms with Crippen LogP contribution in [0.3, 0.4) is 0 Å². The van der Waals surface area contributed by atoms with Gasteiger partial charge in [0.1, 0.15) is 6.54 Å². The molecule has 1 fully saturated rings. The maximum atomic E-state index is 12.3. The molecule has 110 valence electrons. The van der Waals surface area contributed by atoms with Crippen LogP contribution in [0.5, 0.6) is 0 Å². The number of aliphatic carboxylic acids is 1. The monoisotopic (exact) mass is 299 g/mol. The summed E-state index contributed by atoms with van der Waals surface area (Å²) in [6.45, 7) is 3.08. The van der Waals surface area contributed by atoms with Crippen molar-refractivity contribution in [1.82, 2.24) is 25.1 Å². The van der Waals surface area contributed by atoms with Crippen LogP contribution >= 0.6 is 11.8 Å². The first kappa shape index (κ1) is 14.8. The van der Waals surface area contributed by atoms with E-state index in [0.717, 1.165) is 25.9 Å². The molecule has 1 atom stereocenters. The van der Waals surface area contributed by atoms with E-state index >= 15 is 0 Å². The van der Waals surface area contributed by atoms with Gasteiger partial charge in [-0.25, -0.2) is 4.68 Å². The Morgan fingerprint density at radius 1 is 1.35 bits per heavy atom. The van der Waals surface area contributed by atoms with Crippen molar-refractivity contribution in [3.8, 4) is 0 Å². The maximum absolute atomic E-state index is 12.3. The molecule has 0 spiro atoms. The molecular formula is C11H17N5O3S. The smallest absolute Gasteiger partial charge is 0.325 e. The van der Waals surface area contributed by atoms with Gasteiger partial charge in [-0.2, -0.15) is 0 Å². The number of likely N-dealkylation sites (tertiary alicyclic amines) is 1. The fraction of sp³-hybridized carbons (Fsp3) is 0.727. The minimum atomic E-state index is -1.02. The summed E-state index contributed by atoms with van der Waals surface area (Å²) in [7, 11) is 0. The van der Waals surface area contributed by atoms with Gasteiger partial charge in [0.05, 0.1) is 5.25 Å². The molecule has 2 heterocycles. The van der Waals surface area contributed by atoms with Crippen LogP contribution in [0.25, 0.3) is 0 Å². The molecule has 1 unspecified atom stereocenters. The molecule has 0 saturated carbocycles. The van der Waals surface area contributed by atoms with Crippen LogP contribution < -0.4 is 0 Å². The van der Waals surface area contributed by atoms with Crippen molar-refractivity contribution >= 4 is 23.6 Å². The summed E-state index contributed by atoms with van der Waals surface area (Å²) < 4.78 is 1.19. The van der Waals surface area contributed by atoms with Crippen molar-refractivity contribution in [1.29, 1.82) is 0 Å². The van der Waals surface area contributed by atoms with E-state index in [0.29, 0.717) is 5.16 Å². The van der Waals surface area contributed by atoms with Gasteiger partial charge in [-0.1, -0.05) is 11.8 Å². The largest absolute Gasteiger partial charge is 0.480 e. The molecule has 1 amide bonds. The normalized spacial score (nSPS) is 16.9. The molecule has 8 nitrogen and oxygen atoms in total. The molecule has 1 N–H and O–H groups in total. The van der Waals surface area contributed by atoms with Crippen LogP contribution in [-0.4, -0.2) is 60.4 Å². The first-order valence-corrected chi connectivity index (χ1v) is 7.39. The molecule has 0 aliphatic carbocycles. The van der Waals surface area contributed by atoms with Crippen molar-refractivity contribution in [2.24, 2.45) is 0 Å². The Hall–Kier alpha value is -1.64. The standard InChI is InChI=1S/C11H17N5O3S/c1-8(10(19)15-5-3-2-4-6-15)20-11-12-13-14-16(11)7-9(17)18/h8H,2-7H2,1H3,(H,17,18). The molecule has 0 radical (unpaired) electrons. The molecular weight excluding hydrogens is 282 g/mol. The molecule has 1 aromatic rings. The summed E-state index contributed by atoms with van der Waals surface area (Å²) in [6, 6.07) is 0. The summed E-state index contributed by atoms with van der Waals surface area (Å²) in [5.41, 5.74) is 0. The second-order valence-corrected chi connectivity index (χ2v) is 5.97. The molecule has 1 aromatic heterocycles. The number of amides is 1. The number of piperidine rings is 1. The molecule has 0 aromatic carbocycles. The van der Waals surface area contributed by atoms with Gasteiger partial charge in [0.25, 0.3) is 0 Å². The number of carboxylic acids is 1. The summed E-state index contributed by atoms with van der Waals surface area (Å²) in [6.07, 6.45) is 3.25. The van der Waals surface area contributed by atoms with E-state index in [-0.39, 0.29) is 17.7 Å². The van der Waals surface area contributed by atoms with Gasteiger partial charge < -0.3 is 10.0 Å². The zero-order chi connectivity index (χ0) is 14.5. The first-order valence-electron chi connectivity index (χ1n) is 6.51. The van der Waals surface area contributed by atoms with E-state index in [1.165, 1.54) is 22.9 Å². The Balaban J connectivity index is 1.96. The Morgan fingerprint density at radius 3 is 2.70 bits per heavy atom. The van der Waals surface area contributed by atoms with E-state index in [9.17, 15) is 9.59 Å². The lowest BCUT2D eigenvalue weighted by Gasteiger charge is -2.28. The molecule has 1 aliphatic rings. The second-order valence-electron chi connectivity index (χ2n) is 4.66. The number of rotatable bonds is 5. The van der Waals surface area contributed by atoms with Gasteiger partial charge in [-0.15, -0.1) is 5.10 Å². The number of hydrogen-bond donors (Lipinski definition) is 1. The summed E-state index contributed by atoms with van der Waals surface area (Å²) in [5, 5.41) is 19.6. The maximum Gasteiger partial charge on any atom is 0.325 e. The van der Waals surface area contributed by atoms with Gasteiger partial charge >= 0.3 is 5.97 Å². The Labute approximate surface area is 120 Å². The highest BCUT2D eigenvalue weighted by Gasteiger charge is 2.25. The number of carboxylic acid groups (broad SMARTS) is 1. The fourth-order valence-corrected chi connectivity index (χ4v) is 2.96. The van der Waals surface area contributed by atoms with Crippen molar-refractivity contribution in [3.63, 3.8) is 0 Å². The Morgan fingerprint density at radius 2 is 2.05 bits per heavy atom. The second kappa shape index (κ2) is 6.69. The zero-order valence-electron chi connectivity index (χ0n) is 11.2. The van der Waals surface area contributed by atoms with Crippen LogP contribution in [0.15, 0.2) is 5.16 Å². The predicted octanol–water partition coefficient (Wildman–Crippen LogP) is 0.251. The third-order valence-corrected chi connectivity index (χ3v) is 4.14. The van der Waals surface area contributed by atoms with E-state index in [1.807, 2.05) is 4.90 Å². The highest BCUT2D eigenvalue weighted by Crippen LogP contribution is 2.23. The minimum absolute atomic E-state index is 0.0552. The van der Waals surface area contributed by atoms with Gasteiger partial charge in [0.2, 0.25) is 11.1 Å². The van der Waals surface area contributed by atoms with Crippen LogP contribution in [0.1, 0.15) is 26.2 Å². The summed E-state index contributed by atoms with van der Waals surface area (Å²) in [5.74, 6) is -0.964. The molecule has 20 heavy (non-hydrogen) atoms. The van der Waals surface area contributed by atoms with Crippen molar-refractivity contribution in [2.45, 2.75) is 43.1 Å². The lowest BCUT2D eigenvalue weighted by molar-refractivity contribution is -0.138. The number of hydrogen-bond acceptors (Lipinski definition) is 6. The average molecular weight is 299 g/mol. The van der Waals surface area contributed by atoms with E-state index < -0.39 is 5.97 Å². The van der Waals surface area contributed by atoms with E-state index in [2.05, 4.69) is 15.5 Å². The number of thioether (sulfide) groups is 1. The lowest BCUT2D eigenvalue weighted by atomic mass is 10.1. The summed E-state index contributed by atoms with van der Waals surface area (Å²) >= 11 is 1.19. The zero-order valence-corrected chi connectivity index (χ0v) is 12.0. The fourth-order valence-electron chi connectivity index (χ4n) is 2.09. The lowest BCUT2D eigenvalue weighted by Crippen LogP contribution is -2.40. The van der Waals surface area contributed by atoms with Gasteiger partial charge in [-0.05, 0) is 36.6 Å². The molecule has 1 saturated heterocycles. The highest BCUT2D eigenvalue weighted by atomic mass is 32.2. The van der Waals surface area contributed by atoms with Gasteiger partial charge in [0.15, 0.2) is 0 Å². The highest BCUT2D eigenvalue weighted by molar-refractivity contribution is 8.00. The van der Waals surface area contributed by atoms with Gasteiger partial charge in [-0.3, -0.25) is 9.59 Å². The number of aromatic nitrogens is 4. The number of carbonyl (C=O) groups is 2. The van der Waals surface area contributed by atoms with Crippen molar-refractivity contribution in [2.75, 3.05) is 13.1 Å². The van der Waals surface area contributed by atoms with Crippen LogP contribution in [0.2, 0.25) is 0 Å². The van der Waals surface area contributed by atoms with Crippen LogP contribution in [-0.2, 0) is 16.1 Å². The minimum Gasteiger partial charge on any atom is -0.480 e. The molecule has 1 aliphatic heterocycles. The molecule has 2 rings (SSSR count). The molecule has 9 heteroatoms. The number of carbonyl (C=O) groups excluding carboxylic acids is 1. The van der Waals surface area contributed by atoms with Crippen LogP contribution in [0.4, 0.5) is 0 Å². The average Bonchev–Trinajstić information content (AvgIpc) is 2.85. The third-order valence-electron chi connectivity index (χ3n) is 3.08. The van der Waals surface area contributed by atoms with E-state index in [4.69, 9.17) is 5.11 Å². The van der Waals surface area contributed by atoms with E-state index in [1.54, 1.807) is 6.92 Å². The Bertz CT molecular complexity index is 486. The quantitative estimate of drug-likeness (QED) is 0.778. The van der Waals surface area contributed by atoms with Crippen molar-refractivity contribution < 1.29 is 14.7 Å². The number of nitrogens with zero attached hydrogens (tertiary/aromatic N) is 5.